The van der Waals surface area contributed by atoms with Crippen LogP contribution in [0.1, 0.15) is 21.7 Å². The van der Waals surface area contributed by atoms with E-state index >= 15 is 0 Å². The minimum atomic E-state index is -0.265. The van der Waals surface area contributed by atoms with Crippen molar-refractivity contribution in [2.45, 2.75) is 13.8 Å². The lowest BCUT2D eigenvalue weighted by Gasteiger charge is -2.36. The maximum atomic E-state index is 13.3. The minimum Gasteiger partial charge on any atom is -0.368 e. The molecule has 1 amide bonds. The lowest BCUT2D eigenvalue weighted by atomic mass is 10.2. The lowest BCUT2D eigenvalue weighted by Crippen LogP contribution is -2.48. The average Bonchev–Trinajstić information content (AvgIpc) is 3.03. The molecule has 2 heterocycles. The first-order chi connectivity index (χ1) is 13.5. The zero-order valence-electron chi connectivity index (χ0n) is 16.2. The van der Waals surface area contributed by atoms with Crippen LogP contribution < -0.4 is 4.90 Å². The van der Waals surface area contributed by atoms with Crippen molar-refractivity contribution < 1.29 is 9.18 Å². The molecule has 0 unspecified atom stereocenters. The van der Waals surface area contributed by atoms with Crippen LogP contribution in [0.5, 0.6) is 0 Å². The first kappa shape index (κ1) is 18.3. The quantitative estimate of drug-likeness (QED) is 0.685. The van der Waals surface area contributed by atoms with Crippen LogP contribution in [0.2, 0.25) is 0 Å². The summed E-state index contributed by atoms with van der Waals surface area (Å²) in [6, 6.07) is 18.6. The molecule has 2 aromatic carbocycles. The molecule has 1 aliphatic rings. The van der Waals surface area contributed by atoms with E-state index in [0.717, 1.165) is 35.7 Å². The van der Waals surface area contributed by atoms with Gasteiger partial charge in [-0.1, -0.05) is 18.2 Å². The van der Waals surface area contributed by atoms with Crippen LogP contribution >= 0.6 is 0 Å². The van der Waals surface area contributed by atoms with Crippen molar-refractivity contribution in [3.05, 3.63) is 83.4 Å². The summed E-state index contributed by atoms with van der Waals surface area (Å²) in [5, 5.41) is 0. The highest BCUT2D eigenvalue weighted by Gasteiger charge is 2.25. The fourth-order valence-electron chi connectivity index (χ4n) is 3.94. The van der Waals surface area contributed by atoms with Crippen LogP contribution in [0.15, 0.2) is 60.7 Å². The van der Waals surface area contributed by atoms with Gasteiger partial charge in [0.2, 0.25) is 0 Å². The molecule has 4 nitrogen and oxygen atoms in total. The van der Waals surface area contributed by atoms with Crippen molar-refractivity contribution in [2.24, 2.45) is 0 Å². The van der Waals surface area contributed by atoms with E-state index in [1.807, 2.05) is 47.6 Å². The van der Waals surface area contributed by atoms with E-state index in [-0.39, 0.29) is 11.7 Å². The van der Waals surface area contributed by atoms with Crippen molar-refractivity contribution >= 4 is 11.6 Å². The van der Waals surface area contributed by atoms with Gasteiger partial charge in [0.15, 0.2) is 0 Å². The predicted molar refractivity (Wildman–Crippen MR) is 110 cm³/mol. The number of halogens is 1. The largest absolute Gasteiger partial charge is 0.368 e. The van der Waals surface area contributed by atoms with Gasteiger partial charge >= 0.3 is 0 Å². The summed E-state index contributed by atoms with van der Waals surface area (Å²) in [5.41, 5.74) is 4.64. The number of piperazine rings is 1. The van der Waals surface area contributed by atoms with Gasteiger partial charge in [-0.3, -0.25) is 4.79 Å². The number of amides is 1. The topological polar surface area (TPSA) is 28.5 Å². The summed E-state index contributed by atoms with van der Waals surface area (Å²) in [6.07, 6.45) is 0. The van der Waals surface area contributed by atoms with Crippen molar-refractivity contribution in [1.29, 1.82) is 0 Å². The Kier molecular flexibility index (Phi) is 4.90. The molecule has 4 rings (SSSR count). The summed E-state index contributed by atoms with van der Waals surface area (Å²) < 4.78 is 15.3. The highest BCUT2D eigenvalue weighted by atomic mass is 19.1. The van der Waals surface area contributed by atoms with Crippen molar-refractivity contribution in [3.8, 4) is 5.69 Å². The van der Waals surface area contributed by atoms with Gasteiger partial charge in [-0.25, -0.2) is 4.39 Å². The van der Waals surface area contributed by atoms with Gasteiger partial charge in [-0.2, -0.15) is 0 Å². The number of benzene rings is 2. The van der Waals surface area contributed by atoms with Crippen LogP contribution in [0, 0.1) is 19.7 Å². The van der Waals surface area contributed by atoms with Gasteiger partial charge in [0.05, 0.1) is 5.56 Å². The van der Waals surface area contributed by atoms with Gasteiger partial charge in [0.25, 0.3) is 5.91 Å². The van der Waals surface area contributed by atoms with Crippen molar-refractivity contribution in [2.75, 3.05) is 31.1 Å². The standard InChI is InChI=1S/C23H24FN3O/c1-17-16-22(18(2)27(17)21-10-8-19(24)9-11-21)23(28)26-14-12-25(13-15-26)20-6-4-3-5-7-20/h3-11,16H,12-15H2,1-2H3. The number of hydrogen-bond acceptors (Lipinski definition) is 2. The Morgan fingerprint density at radius 2 is 1.50 bits per heavy atom. The molecule has 0 aliphatic carbocycles. The van der Waals surface area contributed by atoms with E-state index in [4.69, 9.17) is 0 Å². The van der Waals surface area contributed by atoms with E-state index < -0.39 is 0 Å². The Bertz CT molecular complexity index is 971. The highest BCUT2D eigenvalue weighted by Crippen LogP contribution is 2.23. The van der Waals surface area contributed by atoms with Gasteiger partial charge in [0, 0.05) is 48.9 Å². The highest BCUT2D eigenvalue weighted by molar-refractivity contribution is 5.96. The number of rotatable bonds is 3. The minimum absolute atomic E-state index is 0.0640. The number of anilines is 1. The second kappa shape index (κ2) is 7.50. The Morgan fingerprint density at radius 1 is 0.857 bits per heavy atom. The average molecular weight is 377 g/mol. The number of para-hydroxylation sites is 1. The molecule has 0 spiro atoms. The van der Waals surface area contributed by atoms with E-state index in [0.29, 0.717) is 13.1 Å². The second-order valence-corrected chi connectivity index (χ2v) is 7.21. The summed E-state index contributed by atoms with van der Waals surface area (Å²) in [4.78, 5) is 17.4. The van der Waals surface area contributed by atoms with Gasteiger partial charge in [-0.05, 0) is 56.3 Å². The molecular formula is C23H24FN3O. The number of aryl methyl sites for hydroxylation is 1. The third kappa shape index (κ3) is 3.40. The third-order valence-electron chi connectivity index (χ3n) is 5.43. The molecule has 1 aromatic heterocycles. The normalized spacial score (nSPS) is 14.4. The predicted octanol–water partition coefficient (Wildman–Crippen LogP) is 4.20. The molecule has 0 radical (unpaired) electrons. The van der Waals surface area contributed by atoms with Gasteiger partial charge < -0.3 is 14.4 Å². The molecule has 0 saturated carbocycles. The smallest absolute Gasteiger partial charge is 0.255 e. The van der Waals surface area contributed by atoms with Crippen LogP contribution in [-0.4, -0.2) is 41.6 Å². The summed E-state index contributed by atoms with van der Waals surface area (Å²) in [5.74, 6) is -0.201. The van der Waals surface area contributed by atoms with E-state index in [2.05, 4.69) is 17.0 Å². The number of aromatic nitrogens is 1. The van der Waals surface area contributed by atoms with Crippen LogP contribution in [0.25, 0.3) is 5.69 Å². The Hall–Kier alpha value is -3.08. The first-order valence-electron chi connectivity index (χ1n) is 9.59. The molecule has 0 bridgehead atoms. The molecule has 1 saturated heterocycles. The van der Waals surface area contributed by atoms with Crippen molar-refractivity contribution in [3.63, 3.8) is 0 Å². The number of carbonyl (C=O) groups is 1. The SMILES string of the molecule is Cc1cc(C(=O)N2CCN(c3ccccc3)CC2)c(C)n1-c1ccc(F)cc1. The zero-order chi connectivity index (χ0) is 19.7. The molecule has 5 heteroatoms. The van der Waals surface area contributed by atoms with E-state index in [1.54, 1.807) is 12.1 Å². The van der Waals surface area contributed by atoms with Gasteiger partial charge in [-0.15, -0.1) is 0 Å². The molecule has 144 valence electrons. The molecule has 0 N–H and O–H groups in total. The monoisotopic (exact) mass is 377 g/mol. The summed E-state index contributed by atoms with van der Waals surface area (Å²) in [6.45, 7) is 6.98. The second-order valence-electron chi connectivity index (χ2n) is 7.21. The lowest BCUT2D eigenvalue weighted by molar-refractivity contribution is 0.0746. The Morgan fingerprint density at radius 3 is 2.14 bits per heavy atom. The van der Waals surface area contributed by atoms with Crippen LogP contribution in [0.4, 0.5) is 10.1 Å². The molecule has 3 aromatic rings. The third-order valence-corrected chi connectivity index (χ3v) is 5.43. The van der Waals surface area contributed by atoms with E-state index in [9.17, 15) is 9.18 Å². The summed E-state index contributed by atoms with van der Waals surface area (Å²) in [7, 11) is 0. The van der Waals surface area contributed by atoms with E-state index in [1.165, 1.54) is 17.8 Å². The molecule has 1 aliphatic heterocycles. The molecule has 28 heavy (non-hydrogen) atoms. The Balaban J connectivity index is 1.52. The zero-order valence-corrected chi connectivity index (χ0v) is 16.2. The summed E-state index contributed by atoms with van der Waals surface area (Å²) >= 11 is 0. The fourth-order valence-corrected chi connectivity index (χ4v) is 3.94. The Labute approximate surface area is 164 Å². The van der Waals surface area contributed by atoms with Crippen LogP contribution in [0.3, 0.4) is 0 Å². The maximum absolute atomic E-state index is 13.3. The van der Waals surface area contributed by atoms with Crippen molar-refractivity contribution in [1.82, 2.24) is 9.47 Å². The molecular weight excluding hydrogens is 353 g/mol. The van der Waals surface area contributed by atoms with Gasteiger partial charge in [0.1, 0.15) is 5.82 Å². The maximum Gasteiger partial charge on any atom is 0.255 e. The molecule has 0 atom stereocenters. The number of carbonyl (C=O) groups excluding carboxylic acids is 1. The number of nitrogens with zero attached hydrogens (tertiary/aromatic N) is 3. The number of hydrogen-bond donors (Lipinski definition) is 0. The first-order valence-corrected chi connectivity index (χ1v) is 9.59. The van der Waals surface area contributed by atoms with Crippen LogP contribution in [-0.2, 0) is 0 Å². The molecule has 1 fully saturated rings. The fraction of sp³-hybridized carbons (Fsp3) is 0.261.